The number of benzene rings is 2. The second-order valence-corrected chi connectivity index (χ2v) is 5.50. The van der Waals surface area contributed by atoms with Crippen molar-refractivity contribution in [2.24, 2.45) is 0 Å². The Kier molecular flexibility index (Phi) is 21.5. The molecule has 0 saturated heterocycles. The number of nitriles is 1. The molecule has 2 aromatic carbocycles. The van der Waals surface area contributed by atoms with E-state index < -0.39 is 5.82 Å². The van der Waals surface area contributed by atoms with Crippen molar-refractivity contribution >= 4 is 92.0 Å². The summed E-state index contributed by atoms with van der Waals surface area (Å²) >= 11 is 5.29. The monoisotopic (exact) mass is 421 g/mol. The van der Waals surface area contributed by atoms with Crippen LogP contribution in [0.1, 0.15) is 7.43 Å². The fourth-order valence-corrected chi connectivity index (χ4v) is 2.09. The van der Waals surface area contributed by atoms with Crippen LogP contribution in [-0.2, 0) is 0 Å². The number of nitrogens with zero attached hydrogens (tertiary/aromatic N) is 1. The molecule has 2 aromatic rings. The molecule has 0 bridgehead atoms. The van der Waals surface area contributed by atoms with E-state index in [0.29, 0.717) is 4.90 Å². The van der Waals surface area contributed by atoms with Gasteiger partial charge in [-0.1, -0.05) is 7.43 Å². The Hall–Kier alpha value is 0.440. The zero-order chi connectivity index (χ0) is 17.8. The van der Waals surface area contributed by atoms with Crippen LogP contribution in [0.15, 0.2) is 46.2 Å². The maximum absolute atomic E-state index is 12.7. The number of anilines is 2. The van der Waals surface area contributed by atoms with Crippen molar-refractivity contribution in [3.05, 3.63) is 48.0 Å². The molecule has 0 amide bonds. The van der Waals surface area contributed by atoms with E-state index in [0.717, 1.165) is 16.7 Å². The summed E-state index contributed by atoms with van der Waals surface area (Å²) < 4.78 is 25.3. The molecular weight excluding hydrogens is 402 g/mol. The number of nitrogen functional groups attached to an aromatic ring is 2. The molecule has 0 unspecified atom stereocenters. The van der Waals surface area contributed by atoms with E-state index in [-0.39, 0.29) is 38.1 Å². The average molecular weight is 422 g/mol. The van der Waals surface area contributed by atoms with Crippen LogP contribution in [-0.4, -0.2) is 49.9 Å². The Morgan fingerprint density at radius 3 is 1.72 bits per heavy atom. The van der Waals surface area contributed by atoms with Crippen molar-refractivity contribution in [1.82, 2.24) is 0 Å². The number of nitrogens with two attached hydrogens (primary N) is 2. The summed E-state index contributed by atoms with van der Waals surface area (Å²) in [4.78, 5) is 1.46. The van der Waals surface area contributed by atoms with Gasteiger partial charge in [0.2, 0.25) is 0 Å². The first kappa shape index (κ1) is 30.2. The number of thiocyanates is 1. The summed E-state index contributed by atoms with van der Waals surface area (Å²) in [7, 11) is 0. The Labute approximate surface area is 192 Å². The van der Waals surface area contributed by atoms with Crippen LogP contribution in [0.3, 0.4) is 0 Å². The quantitative estimate of drug-likeness (QED) is 0.331. The van der Waals surface area contributed by atoms with Crippen molar-refractivity contribution in [2.45, 2.75) is 17.2 Å². The van der Waals surface area contributed by atoms with E-state index in [2.05, 4.69) is 0 Å². The van der Waals surface area contributed by atoms with E-state index in [1.807, 2.05) is 11.7 Å². The van der Waals surface area contributed by atoms with Crippen LogP contribution in [0.2, 0.25) is 0 Å². The van der Waals surface area contributed by atoms with Crippen LogP contribution in [0.4, 0.5) is 20.2 Å². The fraction of sp³-hybridized carbons (Fsp3) is 0.133. The summed E-state index contributed by atoms with van der Waals surface area (Å²) in [6.07, 6.45) is 1.89. The van der Waals surface area contributed by atoms with Crippen LogP contribution in [0, 0.1) is 22.3 Å². The average Bonchev–Trinajstić information content (AvgIpc) is 2.56. The first-order chi connectivity index (χ1) is 11.0. The van der Waals surface area contributed by atoms with Crippen LogP contribution in [0.5, 0.6) is 0 Å². The third kappa shape index (κ3) is 12.5. The van der Waals surface area contributed by atoms with E-state index in [9.17, 15) is 8.78 Å². The Morgan fingerprint density at radius 1 is 0.960 bits per heavy atom. The molecule has 128 valence electrons. The predicted octanol–water partition coefficient (Wildman–Crippen LogP) is 4.10. The van der Waals surface area contributed by atoms with Gasteiger partial charge in [0.05, 0.1) is 11.4 Å². The molecule has 0 aromatic heterocycles. The van der Waals surface area contributed by atoms with Gasteiger partial charge in [-0.3, -0.25) is 0 Å². The molecule has 3 nitrogen and oxygen atoms in total. The summed E-state index contributed by atoms with van der Waals surface area (Å²) in [6.45, 7) is 0. The van der Waals surface area contributed by atoms with Gasteiger partial charge in [0.1, 0.15) is 17.0 Å². The molecule has 0 saturated carbocycles. The minimum absolute atomic E-state index is 0. The van der Waals surface area contributed by atoms with Crippen molar-refractivity contribution in [1.29, 1.82) is 5.26 Å². The van der Waals surface area contributed by atoms with E-state index >= 15 is 0 Å². The first-order valence-corrected chi connectivity index (χ1v) is 16.7. The van der Waals surface area contributed by atoms with Gasteiger partial charge in [0, 0.05) is 9.79 Å². The normalized spacial score (nSPS) is 8.24. The van der Waals surface area contributed by atoms with Crippen molar-refractivity contribution < 1.29 is 8.78 Å². The van der Waals surface area contributed by atoms with Crippen molar-refractivity contribution in [3.8, 4) is 5.40 Å². The molecule has 2 rings (SSSR count). The van der Waals surface area contributed by atoms with Gasteiger partial charge in [-0.05, 0) is 54.4 Å². The molecule has 0 aliphatic rings. The second-order valence-electron chi connectivity index (χ2n) is 3.76. The minimum atomic E-state index is -0.481. The van der Waals surface area contributed by atoms with Crippen LogP contribution in [0.25, 0.3) is 0 Å². The molecule has 0 spiro atoms. The molecule has 0 radical (unpaired) electrons. The molecular formula is C15H19F2N3Na2S3. The summed E-state index contributed by atoms with van der Waals surface area (Å²) in [6, 6.07) is 9.08. The van der Waals surface area contributed by atoms with Gasteiger partial charge >= 0.3 is 43.6 Å². The molecule has 25 heavy (non-hydrogen) atoms. The Bertz CT molecular complexity index is 671. The number of hydrogen-bond donors (Lipinski definition) is 2. The zero-order valence-electron chi connectivity index (χ0n) is 13.6. The number of rotatable bonds is 2. The van der Waals surface area contributed by atoms with Gasteiger partial charge in [-0.15, -0.1) is 11.8 Å². The standard InChI is InChI=1S/C7H5FN2S.C7H8FNS.CH4.2Na.H2S/c8-6-3-5(11-4-9)1-2-7(6)10;1-10-5-2-3-7(9)6(8)4-5;;;;/h1-3H,10H2;2-4H,9H2,1H3;1H4;;;1H2. The molecule has 0 fully saturated rings. The summed E-state index contributed by atoms with van der Waals surface area (Å²) in [5, 5.41) is 10.1. The van der Waals surface area contributed by atoms with Crippen LogP contribution < -0.4 is 11.5 Å². The molecule has 10 heteroatoms. The molecule has 0 atom stereocenters. The first-order valence-electron chi connectivity index (χ1n) is 6.68. The van der Waals surface area contributed by atoms with Gasteiger partial charge in [-0.2, -0.15) is 18.8 Å². The Morgan fingerprint density at radius 2 is 1.36 bits per heavy atom. The number of thioether (sulfide) groups is 2. The predicted molar refractivity (Wildman–Crippen MR) is 113 cm³/mol. The van der Waals surface area contributed by atoms with Gasteiger partial charge < -0.3 is 11.5 Å². The number of hydrogen-bond acceptors (Lipinski definition) is 5. The third-order valence-electron chi connectivity index (χ3n) is 2.34. The summed E-state index contributed by atoms with van der Waals surface area (Å²) in [5.41, 5.74) is 10.8. The van der Waals surface area contributed by atoms with E-state index in [4.69, 9.17) is 16.7 Å². The molecule has 0 heterocycles. The van der Waals surface area contributed by atoms with E-state index in [1.54, 1.807) is 18.2 Å². The molecule has 4 N–H and O–H groups in total. The van der Waals surface area contributed by atoms with Crippen molar-refractivity contribution in [3.63, 3.8) is 0 Å². The van der Waals surface area contributed by atoms with Gasteiger partial charge in [-0.25, -0.2) is 8.78 Å². The fourth-order valence-electron chi connectivity index (χ4n) is 1.26. The number of halogens is 2. The molecule has 0 aliphatic heterocycles. The Balaban J connectivity index is -0.000000329. The van der Waals surface area contributed by atoms with Gasteiger partial charge in [0.25, 0.3) is 0 Å². The maximum atomic E-state index is 12.7. The topological polar surface area (TPSA) is 75.8 Å². The zero-order valence-corrected chi connectivity index (χ0v) is 20.3. The van der Waals surface area contributed by atoms with Gasteiger partial charge in [0.15, 0.2) is 0 Å². The van der Waals surface area contributed by atoms with E-state index in [1.165, 1.54) is 73.6 Å². The second kappa shape index (κ2) is 17.8. The van der Waals surface area contributed by atoms with Crippen LogP contribution >= 0.6 is 37.0 Å². The SMILES string of the molecule is C.CSc1ccc(N)c(F)c1.N#CSc1ccc(N)c(F)c1.S.[Na][Na]. The third-order valence-corrected chi connectivity index (χ3v) is 3.65. The summed E-state index contributed by atoms with van der Waals surface area (Å²) in [5.74, 6) is -0.822. The van der Waals surface area contributed by atoms with Crippen molar-refractivity contribution in [2.75, 3.05) is 17.7 Å². The molecule has 0 aliphatic carbocycles.